The third kappa shape index (κ3) is 6.60. The van der Waals surface area contributed by atoms with Gasteiger partial charge in [0.25, 0.3) is 0 Å². The zero-order valence-corrected chi connectivity index (χ0v) is 12.1. The SMILES string of the molecule is CN1CCC(CCNS(=O)(=O)CCCCl)CC1. The molecule has 0 aromatic heterocycles. The van der Waals surface area contributed by atoms with Crippen molar-refractivity contribution >= 4 is 21.6 Å². The number of rotatable bonds is 7. The lowest BCUT2D eigenvalue weighted by molar-refractivity contribution is 0.213. The average Bonchev–Trinajstić information content (AvgIpc) is 2.29. The fourth-order valence-corrected chi connectivity index (χ4v) is 3.48. The molecule has 0 bridgehead atoms. The molecule has 1 saturated heterocycles. The summed E-state index contributed by atoms with van der Waals surface area (Å²) < 4.78 is 25.7. The lowest BCUT2D eigenvalue weighted by Gasteiger charge is -2.28. The Kier molecular flexibility index (Phi) is 6.77. The van der Waals surface area contributed by atoms with Crippen molar-refractivity contribution in [3.05, 3.63) is 0 Å². The molecule has 17 heavy (non-hydrogen) atoms. The summed E-state index contributed by atoms with van der Waals surface area (Å²) in [5.74, 6) is 1.21. The van der Waals surface area contributed by atoms with E-state index in [1.54, 1.807) is 0 Å². The number of sulfonamides is 1. The molecule has 0 atom stereocenters. The third-order valence-corrected chi connectivity index (χ3v) is 5.00. The molecule has 0 aromatic rings. The molecule has 1 fully saturated rings. The second-order valence-electron chi connectivity index (χ2n) is 4.79. The van der Waals surface area contributed by atoms with E-state index in [9.17, 15) is 8.42 Å². The molecule has 0 unspecified atom stereocenters. The molecule has 102 valence electrons. The Morgan fingerprint density at radius 2 is 2.00 bits per heavy atom. The fourth-order valence-electron chi connectivity index (χ4n) is 2.09. The number of nitrogens with one attached hydrogen (secondary N) is 1. The lowest BCUT2D eigenvalue weighted by atomic mass is 9.94. The van der Waals surface area contributed by atoms with E-state index in [2.05, 4.69) is 16.7 Å². The lowest BCUT2D eigenvalue weighted by Crippen LogP contribution is -2.33. The van der Waals surface area contributed by atoms with Gasteiger partial charge in [0.2, 0.25) is 10.0 Å². The van der Waals surface area contributed by atoms with Crippen LogP contribution < -0.4 is 4.72 Å². The third-order valence-electron chi connectivity index (χ3n) is 3.26. The summed E-state index contributed by atoms with van der Waals surface area (Å²) >= 11 is 5.48. The molecule has 1 rings (SSSR count). The van der Waals surface area contributed by atoms with Gasteiger partial charge < -0.3 is 4.90 Å². The van der Waals surface area contributed by atoms with Crippen LogP contribution in [0.5, 0.6) is 0 Å². The van der Waals surface area contributed by atoms with Crippen LogP contribution in [0, 0.1) is 5.92 Å². The standard InChI is InChI=1S/C11H23ClN2O2S/c1-14-8-4-11(5-9-14)3-7-13-17(15,16)10-2-6-12/h11,13H,2-10H2,1H3. The van der Waals surface area contributed by atoms with Gasteiger partial charge >= 0.3 is 0 Å². The van der Waals surface area contributed by atoms with Crippen molar-refractivity contribution in [1.29, 1.82) is 0 Å². The normalized spacial score (nSPS) is 19.6. The zero-order chi connectivity index (χ0) is 12.7. The van der Waals surface area contributed by atoms with Gasteiger partial charge in [-0.05, 0) is 51.7 Å². The zero-order valence-electron chi connectivity index (χ0n) is 10.5. The van der Waals surface area contributed by atoms with Crippen LogP contribution in [-0.2, 0) is 10.0 Å². The maximum atomic E-state index is 11.5. The van der Waals surface area contributed by atoms with E-state index in [-0.39, 0.29) is 5.75 Å². The Morgan fingerprint density at radius 1 is 1.35 bits per heavy atom. The maximum absolute atomic E-state index is 11.5. The Balaban J connectivity index is 2.14. The van der Waals surface area contributed by atoms with Gasteiger partial charge in [0.05, 0.1) is 5.75 Å². The molecule has 6 heteroatoms. The van der Waals surface area contributed by atoms with Gasteiger partial charge in [-0.2, -0.15) is 0 Å². The summed E-state index contributed by atoms with van der Waals surface area (Å²) in [6, 6.07) is 0. The van der Waals surface area contributed by atoms with Crippen molar-refractivity contribution < 1.29 is 8.42 Å². The Morgan fingerprint density at radius 3 is 2.59 bits per heavy atom. The van der Waals surface area contributed by atoms with Gasteiger partial charge in [0.1, 0.15) is 0 Å². The highest BCUT2D eigenvalue weighted by molar-refractivity contribution is 7.89. The monoisotopic (exact) mass is 282 g/mol. The van der Waals surface area contributed by atoms with E-state index in [0.29, 0.717) is 24.8 Å². The van der Waals surface area contributed by atoms with Crippen molar-refractivity contribution in [1.82, 2.24) is 9.62 Å². The van der Waals surface area contributed by atoms with Crippen LogP contribution in [0.25, 0.3) is 0 Å². The summed E-state index contributed by atoms with van der Waals surface area (Å²) in [6.45, 7) is 2.83. The quantitative estimate of drug-likeness (QED) is 0.716. The highest BCUT2D eigenvalue weighted by Gasteiger charge is 2.17. The molecular weight excluding hydrogens is 260 g/mol. The average molecular weight is 283 g/mol. The number of halogens is 1. The Bertz CT molecular complexity index is 301. The van der Waals surface area contributed by atoms with Gasteiger partial charge in [-0.3, -0.25) is 0 Å². The van der Waals surface area contributed by atoms with E-state index < -0.39 is 10.0 Å². The molecule has 0 saturated carbocycles. The summed E-state index contributed by atoms with van der Waals surface area (Å²) in [7, 11) is -0.970. The minimum Gasteiger partial charge on any atom is -0.306 e. The summed E-state index contributed by atoms with van der Waals surface area (Å²) in [6.07, 6.45) is 3.83. The molecular formula is C11H23ClN2O2S. The minimum absolute atomic E-state index is 0.143. The molecule has 0 radical (unpaired) electrons. The van der Waals surface area contributed by atoms with Crippen LogP contribution >= 0.6 is 11.6 Å². The second-order valence-corrected chi connectivity index (χ2v) is 7.10. The van der Waals surface area contributed by atoms with Crippen LogP contribution in [0.2, 0.25) is 0 Å². The van der Waals surface area contributed by atoms with Crippen LogP contribution in [0.15, 0.2) is 0 Å². The molecule has 4 nitrogen and oxygen atoms in total. The number of likely N-dealkylation sites (tertiary alicyclic amines) is 1. The molecule has 0 aliphatic carbocycles. The summed E-state index contributed by atoms with van der Waals surface area (Å²) in [5.41, 5.74) is 0. The highest BCUT2D eigenvalue weighted by atomic mass is 35.5. The van der Waals surface area contributed by atoms with Crippen LogP contribution in [0.1, 0.15) is 25.7 Å². The molecule has 1 N–H and O–H groups in total. The number of hydrogen-bond acceptors (Lipinski definition) is 3. The smallest absolute Gasteiger partial charge is 0.211 e. The maximum Gasteiger partial charge on any atom is 0.211 e. The first kappa shape index (κ1) is 15.2. The van der Waals surface area contributed by atoms with E-state index >= 15 is 0 Å². The van der Waals surface area contributed by atoms with Crippen molar-refractivity contribution in [2.24, 2.45) is 5.92 Å². The Hall–Kier alpha value is 0.160. The van der Waals surface area contributed by atoms with Crippen molar-refractivity contribution in [3.8, 4) is 0 Å². The van der Waals surface area contributed by atoms with E-state index in [1.165, 1.54) is 12.8 Å². The summed E-state index contributed by atoms with van der Waals surface area (Å²) in [4.78, 5) is 2.32. The first-order chi connectivity index (χ1) is 8.03. The van der Waals surface area contributed by atoms with E-state index in [0.717, 1.165) is 19.5 Å². The molecule has 0 spiro atoms. The predicted octanol–water partition coefficient (Wildman–Crippen LogP) is 1.27. The fraction of sp³-hybridized carbons (Fsp3) is 1.00. The van der Waals surface area contributed by atoms with Gasteiger partial charge in [-0.1, -0.05) is 0 Å². The molecule has 0 amide bonds. The highest BCUT2D eigenvalue weighted by Crippen LogP contribution is 2.18. The van der Waals surface area contributed by atoms with Crippen LogP contribution in [-0.4, -0.2) is 51.6 Å². The first-order valence-electron chi connectivity index (χ1n) is 6.25. The molecule has 1 aliphatic rings. The van der Waals surface area contributed by atoms with Gasteiger partial charge in [0.15, 0.2) is 0 Å². The number of alkyl halides is 1. The van der Waals surface area contributed by atoms with E-state index in [4.69, 9.17) is 11.6 Å². The molecule has 1 aliphatic heterocycles. The second kappa shape index (κ2) is 7.56. The molecule has 1 heterocycles. The number of nitrogens with zero attached hydrogens (tertiary/aromatic N) is 1. The van der Waals surface area contributed by atoms with Crippen molar-refractivity contribution in [2.45, 2.75) is 25.7 Å². The first-order valence-corrected chi connectivity index (χ1v) is 8.44. The van der Waals surface area contributed by atoms with Crippen LogP contribution in [0.3, 0.4) is 0 Å². The molecule has 0 aromatic carbocycles. The minimum atomic E-state index is -3.10. The number of hydrogen-bond donors (Lipinski definition) is 1. The van der Waals surface area contributed by atoms with Crippen molar-refractivity contribution in [2.75, 3.05) is 38.3 Å². The van der Waals surface area contributed by atoms with Gasteiger partial charge in [-0.15, -0.1) is 11.6 Å². The predicted molar refractivity (Wildman–Crippen MR) is 72.0 cm³/mol. The van der Waals surface area contributed by atoms with Gasteiger partial charge in [-0.25, -0.2) is 13.1 Å². The van der Waals surface area contributed by atoms with Gasteiger partial charge in [0, 0.05) is 12.4 Å². The summed E-state index contributed by atoms with van der Waals surface area (Å²) in [5, 5.41) is 0. The number of piperidine rings is 1. The van der Waals surface area contributed by atoms with Crippen LogP contribution in [0.4, 0.5) is 0 Å². The van der Waals surface area contributed by atoms with E-state index in [1.807, 2.05) is 0 Å². The topological polar surface area (TPSA) is 49.4 Å². The Labute approximate surface area is 110 Å². The largest absolute Gasteiger partial charge is 0.306 e. The van der Waals surface area contributed by atoms with Crippen molar-refractivity contribution in [3.63, 3.8) is 0 Å².